The summed E-state index contributed by atoms with van der Waals surface area (Å²) >= 11 is 6.18. The molecular formula is C15H14ClN3O2. The van der Waals surface area contributed by atoms with Crippen LogP contribution in [0.2, 0.25) is 5.02 Å². The average Bonchev–Trinajstić information content (AvgIpc) is 2.87. The molecule has 108 valence electrons. The first-order valence-corrected chi connectivity index (χ1v) is 6.74. The van der Waals surface area contributed by atoms with Gasteiger partial charge in [-0.1, -0.05) is 17.7 Å². The quantitative estimate of drug-likeness (QED) is 0.775. The monoisotopic (exact) mass is 303 g/mol. The number of nitrogens with two attached hydrogens (primary N) is 1. The third kappa shape index (κ3) is 2.73. The lowest BCUT2D eigenvalue weighted by Gasteiger charge is -2.09. The number of ether oxygens (including phenoxy) is 2. The zero-order valence-electron chi connectivity index (χ0n) is 11.4. The molecule has 5 nitrogen and oxygen atoms in total. The number of anilines is 1. The molecule has 0 amide bonds. The summed E-state index contributed by atoms with van der Waals surface area (Å²) in [7, 11) is 1.60. The maximum Gasteiger partial charge on any atom is 0.153 e. The number of benzene rings is 2. The lowest BCUT2D eigenvalue weighted by molar-refractivity contribution is 0.306. The molecule has 0 bridgehead atoms. The van der Waals surface area contributed by atoms with E-state index in [1.807, 2.05) is 30.3 Å². The standard InChI is InChI=1S/C15H14ClN3O2/c1-20-10-3-2-9(13(16)6-10)8-21-11-4-5-12-14(7-11)18-19-15(12)17/h2-7H,8H2,1H3,(H3,17,18,19). The first kappa shape index (κ1) is 13.6. The Morgan fingerprint density at radius 1 is 1.19 bits per heavy atom. The number of nitrogens with one attached hydrogen (secondary N) is 1. The number of aromatic amines is 1. The van der Waals surface area contributed by atoms with Gasteiger partial charge >= 0.3 is 0 Å². The number of H-pyrrole nitrogens is 1. The van der Waals surface area contributed by atoms with Gasteiger partial charge in [-0.15, -0.1) is 0 Å². The summed E-state index contributed by atoms with van der Waals surface area (Å²) in [6.07, 6.45) is 0. The van der Waals surface area contributed by atoms with Crippen LogP contribution in [0.25, 0.3) is 10.9 Å². The Morgan fingerprint density at radius 3 is 2.76 bits per heavy atom. The van der Waals surface area contributed by atoms with Crippen molar-refractivity contribution in [1.29, 1.82) is 0 Å². The highest BCUT2D eigenvalue weighted by molar-refractivity contribution is 6.31. The van der Waals surface area contributed by atoms with Crippen molar-refractivity contribution in [3.8, 4) is 11.5 Å². The maximum atomic E-state index is 6.18. The predicted molar refractivity (Wildman–Crippen MR) is 82.8 cm³/mol. The van der Waals surface area contributed by atoms with Gasteiger partial charge in [0.25, 0.3) is 0 Å². The van der Waals surface area contributed by atoms with Crippen LogP contribution in [0.4, 0.5) is 5.82 Å². The van der Waals surface area contributed by atoms with E-state index >= 15 is 0 Å². The molecule has 0 radical (unpaired) electrons. The smallest absolute Gasteiger partial charge is 0.153 e. The highest BCUT2D eigenvalue weighted by Gasteiger charge is 2.06. The highest BCUT2D eigenvalue weighted by atomic mass is 35.5. The van der Waals surface area contributed by atoms with Gasteiger partial charge < -0.3 is 15.2 Å². The molecule has 0 aliphatic rings. The second kappa shape index (κ2) is 5.54. The number of aromatic nitrogens is 2. The second-order valence-electron chi connectivity index (χ2n) is 4.56. The number of hydrogen-bond donors (Lipinski definition) is 2. The van der Waals surface area contributed by atoms with Gasteiger partial charge in [0.2, 0.25) is 0 Å². The molecule has 0 spiro atoms. The maximum absolute atomic E-state index is 6.18. The first-order chi connectivity index (χ1) is 10.2. The molecule has 0 saturated heterocycles. The van der Waals surface area contributed by atoms with E-state index in [9.17, 15) is 0 Å². The summed E-state index contributed by atoms with van der Waals surface area (Å²) in [6.45, 7) is 0.373. The van der Waals surface area contributed by atoms with Crippen molar-refractivity contribution in [3.05, 3.63) is 47.0 Å². The van der Waals surface area contributed by atoms with E-state index in [1.54, 1.807) is 13.2 Å². The van der Waals surface area contributed by atoms with Crippen molar-refractivity contribution >= 4 is 28.3 Å². The van der Waals surface area contributed by atoms with Gasteiger partial charge in [0.15, 0.2) is 5.82 Å². The van der Waals surface area contributed by atoms with Crippen molar-refractivity contribution in [2.24, 2.45) is 0 Å². The van der Waals surface area contributed by atoms with Crippen molar-refractivity contribution in [3.63, 3.8) is 0 Å². The van der Waals surface area contributed by atoms with Crippen LogP contribution in [-0.2, 0) is 6.61 Å². The van der Waals surface area contributed by atoms with Crippen molar-refractivity contribution in [1.82, 2.24) is 10.2 Å². The van der Waals surface area contributed by atoms with Crippen LogP contribution in [0.1, 0.15) is 5.56 Å². The minimum Gasteiger partial charge on any atom is -0.497 e. The summed E-state index contributed by atoms with van der Waals surface area (Å²) in [5.74, 6) is 1.92. The Bertz CT molecular complexity index is 786. The number of halogens is 1. The van der Waals surface area contributed by atoms with Gasteiger partial charge in [0, 0.05) is 17.0 Å². The third-order valence-electron chi connectivity index (χ3n) is 3.22. The predicted octanol–water partition coefficient (Wildman–Crippen LogP) is 3.39. The molecule has 0 aliphatic carbocycles. The van der Waals surface area contributed by atoms with E-state index in [-0.39, 0.29) is 0 Å². The minimum absolute atomic E-state index is 0.373. The van der Waals surface area contributed by atoms with Crippen LogP contribution >= 0.6 is 11.6 Å². The van der Waals surface area contributed by atoms with Gasteiger partial charge in [-0.3, -0.25) is 5.10 Å². The number of nitrogen functional groups attached to an aromatic ring is 1. The molecule has 0 saturated carbocycles. The number of fused-ring (bicyclic) bond motifs is 1. The molecule has 0 fully saturated rings. The Labute approximate surface area is 126 Å². The van der Waals surface area contributed by atoms with E-state index in [2.05, 4.69) is 10.2 Å². The normalized spacial score (nSPS) is 10.8. The largest absolute Gasteiger partial charge is 0.497 e. The van der Waals surface area contributed by atoms with Gasteiger partial charge in [0.1, 0.15) is 18.1 Å². The third-order valence-corrected chi connectivity index (χ3v) is 3.57. The SMILES string of the molecule is COc1ccc(COc2ccc3c(N)n[nH]c3c2)c(Cl)c1. The summed E-state index contributed by atoms with van der Waals surface area (Å²) < 4.78 is 10.9. The number of rotatable bonds is 4. The fourth-order valence-corrected chi connectivity index (χ4v) is 2.27. The molecule has 0 aliphatic heterocycles. The van der Waals surface area contributed by atoms with E-state index in [4.69, 9.17) is 26.8 Å². The van der Waals surface area contributed by atoms with Crippen molar-refractivity contribution in [2.45, 2.75) is 6.61 Å². The van der Waals surface area contributed by atoms with E-state index < -0.39 is 0 Å². The van der Waals surface area contributed by atoms with Crippen molar-refractivity contribution < 1.29 is 9.47 Å². The Hall–Kier alpha value is -2.40. The number of methoxy groups -OCH3 is 1. The van der Waals surface area contributed by atoms with Gasteiger partial charge in [-0.2, -0.15) is 5.10 Å². The fourth-order valence-electron chi connectivity index (χ4n) is 2.04. The number of nitrogens with zero attached hydrogens (tertiary/aromatic N) is 1. The summed E-state index contributed by atoms with van der Waals surface area (Å²) in [5, 5.41) is 8.30. The lowest BCUT2D eigenvalue weighted by Crippen LogP contribution is -1.96. The second-order valence-corrected chi connectivity index (χ2v) is 4.97. The van der Waals surface area contributed by atoms with Crippen LogP contribution in [0.5, 0.6) is 11.5 Å². The first-order valence-electron chi connectivity index (χ1n) is 6.36. The molecule has 3 rings (SSSR count). The zero-order chi connectivity index (χ0) is 14.8. The summed E-state index contributed by atoms with van der Waals surface area (Å²) in [6, 6.07) is 11.1. The van der Waals surface area contributed by atoms with Crippen LogP contribution in [-0.4, -0.2) is 17.3 Å². The zero-order valence-corrected chi connectivity index (χ0v) is 12.1. The average molecular weight is 304 g/mol. The van der Waals surface area contributed by atoms with Gasteiger partial charge in [0.05, 0.1) is 17.6 Å². The molecule has 3 aromatic rings. The minimum atomic E-state index is 0.373. The Kier molecular flexibility index (Phi) is 3.58. The molecule has 0 unspecified atom stereocenters. The lowest BCUT2D eigenvalue weighted by atomic mass is 10.2. The summed E-state index contributed by atoms with van der Waals surface area (Å²) in [5.41, 5.74) is 7.46. The topological polar surface area (TPSA) is 73.2 Å². The molecule has 21 heavy (non-hydrogen) atoms. The Balaban J connectivity index is 1.76. The molecule has 6 heteroatoms. The van der Waals surface area contributed by atoms with Crippen molar-refractivity contribution in [2.75, 3.05) is 12.8 Å². The van der Waals surface area contributed by atoms with Crippen LogP contribution < -0.4 is 15.2 Å². The molecule has 0 atom stereocenters. The van der Waals surface area contributed by atoms with Gasteiger partial charge in [-0.25, -0.2) is 0 Å². The van der Waals surface area contributed by atoms with E-state index in [0.29, 0.717) is 17.4 Å². The molecule has 3 N–H and O–H groups in total. The van der Waals surface area contributed by atoms with Crippen LogP contribution in [0.15, 0.2) is 36.4 Å². The number of hydrogen-bond acceptors (Lipinski definition) is 4. The highest BCUT2D eigenvalue weighted by Crippen LogP contribution is 2.26. The fraction of sp³-hybridized carbons (Fsp3) is 0.133. The van der Waals surface area contributed by atoms with Crippen LogP contribution in [0, 0.1) is 0 Å². The Morgan fingerprint density at radius 2 is 2.00 bits per heavy atom. The van der Waals surface area contributed by atoms with Gasteiger partial charge in [-0.05, 0) is 24.3 Å². The molecule has 1 heterocycles. The van der Waals surface area contributed by atoms with E-state index in [1.165, 1.54) is 0 Å². The molecular weight excluding hydrogens is 290 g/mol. The van der Waals surface area contributed by atoms with E-state index in [0.717, 1.165) is 28.0 Å². The van der Waals surface area contributed by atoms with Crippen LogP contribution in [0.3, 0.4) is 0 Å². The molecule has 2 aromatic carbocycles. The molecule has 1 aromatic heterocycles. The summed E-state index contributed by atoms with van der Waals surface area (Å²) in [4.78, 5) is 0.